The zero-order valence-electron chi connectivity index (χ0n) is 16.6. The van der Waals surface area contributed by atoms with Crippen molar-refractivity contribution in [3.63, 3.8) is 0 Å². The molecule has 154 valence electrons. The summed E-state index contributed by atoms with van der Waals surface area (Å²) in [6.07, 6.45) is 1.85. The lowest BCUT2D eigenvalue weighted by Crippen LogP contribution is -2.22. The molecule has 0 bridgehead atoms. The number of hydrogen-bond donors (Lipinski definition) is 1. The Morgan fingerprint density at radius 1 is 1.21 bits per heavy atom. The molecule has 0 unspecified atom stereocenters. The summed E-state index contributed by atoms with van der Waals surface area (Å²) in [6.45, 7) is 2.82. The quantitative estimate of drug-likeness (QED) is 0.609. The molecule has 0 saturated heterocycles. The first-order chi connectivity index (χ1) is 13.8. The minimum atomic E-state index is -3.52. The van der Waals surface area contributed by atoms with Crippen LogP contribution < -0.4 is 10.1 Å². The lowest BCUT2D eigenvalue weighted by molar-refractivity contribution is -0.116. The molecule has 1 N–H and O–H groups in total. The summed E-state index contributed by atoms with van der Waals surface area (Å²) in [5, 5.41) is 2.86. The van der Waals surface area contributed by atoms with Crippen molar-refractivity contribution in [2.45, 2.75) is 24.8 Å². The van der Waals surface area contributed by atoms with Gasteiger partial charge >= 0.3 is 0 Å². The summed E-state index contributed by atoms with van der Waals surface area (Å²) in [5.41, 5.74) is 1.97. The number of nitrogens with zero attached hydrogens (tertiary/aromatic N) is 3. The minimum Gasteiger partial charge on any atom is -0.492 e. The first-order valence-electron chi connectivity index (χ1n) is 9.22. The number of rotatable bonds is 8. The number of amides is 1. The van der Waals surface area contributed by atoms with E-state index in [4.69, 9.17) is 4.74 Å². The van der Waals surface area contributed by atoms with Gasteiger partial charge < -0.3 is 14.6 Å². The van der Waals surface area contributed by atoms with Gasteiger partial charge in [-0.1, -0.05) is 12.1 Å². The molecule has 3 rings (SSSR count). The Morgan fingerprint density at radius 3 is 2.69 bits per heavy atom. The largest absolute Gasteiger partial charge is 0.492 e. The number of aryl methyl sites for hydroxylation is 1. The maximum Gasteiger partial charge on any atom is 0.242 e. The fraction of sp³-hybridized carbons (Fsp3) is 0.300. The molecular weight excluding hydrogens is 392 g/mol. The molecule has 0 aliphatic rings. The van der Waals surface area contributed by atoms with Gasteiger partial charge in [-0.3, -0.25) is 4.79 Å². The van der Waals surface area contributed by atoms with Gasteiger partial charge in [0.2, 0.25) is 15.9 Å². The van der Waals surface area contributed by atoms with E-state index in [0.717, 1.165) is 9.82 Å². The molecule has 9 heteroatoms. The number of carbonyl (C=O) groups excluding carboxylic acids is 1. The molecule has 0 radical (unpaired) electrons. The predicted octanol–water partition coefficient (Wildman–Crippen LogP) is 2.71. The van der Waals surface area contributed by atoms with E-state index in [1.807, 2.05) is 29.7 Å². The van der Waals surface area contributed by atoms with Gasteiger partial charge in [-0.2, -0.15) is 0 Å². The highest BCUT2D eigenvalue weighted by molar-refractivity contribution is 7.89. The van der Waals surface area contributed by atoms with E-state index in [1.165, 1.54) is 14.1 Å². The first kappa shape index (κ1) is 20.8. The number of imidazole rings is 1. The SMILES string of the molecule is CCOc1ccccc1NC(=O)CCn1cnc2cc(S(=O)(=O)N(C)C)ccc21. The molecule has 29 heavy (non-hydrogen) atoms. The van der Waals surface area contributed by atoms with E-state index in [-0.39, 0.29) is 17.2 Å². The van der Waals surface area contributed by atoms with Crippen molar-refractivity contribution in [2.75, 3.05) is 26.0 Å². The number of fused-ring (bicyclic) bond motifs is 1. The number of sulfonamides is 1. The molecule has 2 aromatic carbocycles. The van der Waals surface area contributed by atoms with Crippen molar-refractivity contribution in [1.82, 2.24) is 13.9 Å². The zero-order valence-corrected chi connectivity index (χ0v) is 17.4. The van der Waals surface area contributed by atoms with Gasteiger partial charge in [-0.05, 0) is 37.3 Å². The van der Waals surface area contributed by atoms with Gasteiger partial charge in [0, 0.05) is 27.1 Å². The minimum absolute atomic E-state index is 0.147. The molecule has 1 heterocycles. The summed E-state index contributed by atoms with van der Waals surface area (Å²) in [7, 11) is -0.547. The Balaban J connectivity index is 1.71. The van der Waals surface area contributed by atoms with Crippen molar-refractivity contribution in [3.05, 3.63) is 48.8 Å². The van der Waals surface area contributed by atoms with Crippen molar-refractivity contribution in [2.24, 2.45) is 0 Å². The molecule has 0 atom stereocenters. The van der Waals surface area contributed by atoms with Crippen LogP contribution in [0.2, 0.25) is 0 Å². The van der Waals surface area contributed by atoms with Crippen LogP contribution in [0.5, 0.6) is 5.75 Å². The predicted molar refractivity (Wildman–Crippen MR) is 111 cm³/mol. The highest BCUT2D eigenvalue weighted by Crippen LogP contribution is 2.24. The maximum atomic E-state index is 12.4. The third-order valence-electron chi connectivity index (χ3n) is 4.41. The van der Waals surface area contributed by atoms with Crippen LogP contribution in [0.3, 0.4) is 0 Å². The number of carbonyl (C=O) groups is 1. The summed E-state index contributed by atoms with van der Waals surface area (Å²) in [4.78, 5) is 16.8. The number of ether oxygens (including phenoxy) is 1. The Labute approximate surface area is 170 Å². The summed E-state index contributed by atoms with van der Waals surface area (Å²) < 4.78 is 33.1. The average molecular weight is 417 g/mol. The fourth-order valence-corrected chi connectivity index (χ4v) is 3.80. The average Bonchev–Trinajstić information content (AvgIpc) is 3.10. The Morgan fingerprint density at radius 2 is 1.97 bits per heavy atom. The van der Waals surface area contributed by atoms with Crippen molar-refractivity contribution >= 4 is 32.7 Å². The number of nitrogens with one attached hydrogen (secondary N) is 1. The van der Waals surface area contributed by atoms with Gasteiger partial charge in [0.1, 0.15) is 5.75 Å². The first-order valence-corrected chi connectivity index (χ1v) is 10.7. The van der Waals surface area contributed by atoms with E-state index in [2.05, 4.69) is 10.3 Å². The zero-order chi connectivity index (χ0) is 21.0. The molecule has 0 saturated carbocycles. The lowest BCUT2D eigenvalue weighted by atomic mass is 10.2. The van der Waals surface area contributed by atoms with Crippen molar-refractivity contribution < 1.29 is 17.9 Å². The van der Waals surface area contributed by atoms with Gasteiger partial charge in [0.15, 0.2) is 0 Å². The monoisotopic (exact) mass is 416 g/mol. The van der Waals surface area contributed by atoms with Crippen LogP contribution in [0.15, 0.2) is 53.7 Å². The van der Waals surface area contributed by atoms with E-state index < -0.39 is 10.0 Å². The maximum absolute atomic E-state index is 12.4. The van der Waals surface area contributed by atoms with Crippen LogP contribution in [-0.2, 0) is 21.4 Å². The second-order valence-corrected chi connectivity index (χ2v) is 8.76. The number of para-hydroxylation sites is 2. The van der Waals surface area contributed by atoms with Crippen molar-refractivity contribution in [1.29, 1.82) is 0 Å². The molecule has 0 fully saturated rings. The van der Waals surface area contributed by atoms with Crippen molar-refractivity contribution in [3.8, 4) is 5.75 Å². The van der Waals surface area contributed by atoms with Crippen LogP contribution in [0, 0.1) is 0 Å². The number of hydrogen-bond acceptors (Lipinski definition) is 5. The number of anilines is 1. The highest BCUT2D eigenvalue weighted by Gasteiger charge is 2.18. The second-order valence-electron chi connectivity index (χ2n) is 6.60. The Hall–Kier alpha value is -2.91. The van der Waals surface area contributed by atoms with Gasteiger partial charge in [0.05, 0.1) is 34.6 Å². The summed E-state index contributed by atoms with van der Waals surface area (Å²) in [5.74, 6) is 0.483. The molecular formula is C20H24N4O4S. The van der Waals surface area contributed by atoms with Crippen LogP contribution in [0.25, 0.3) is 11.0 Å². The molecule has 0 aliphatic carbocycles. The normalized spacial score (nSPS) is 11.7. The lowest BCUT2D eigenvalue weighted by Gasteiger charge is -2.12. The summed E-state index contributed by atoms with van der Waals surface area (Å²) >= 11 is 0. The molecule has 1 amide bonds. The molecule has 0 aliphatic heterocycles. The Bertz CT molecular complexity index is 1120. The van der Waals surface area contributed by atoms with Gasteiger partial charge in [-0.25, -0.2) is 17.7 Å². The van der Waals surface area contributed by atoms with E-state index in [9.17, 15) is 13.2 Å². The third kappa shape index (κ3) is 4.57. The van der Waals surface area contributed by atoms with E-state index in [0.29, 0.717) is 30.1 Å². The van der Waals surface area contributed by atoms with Crippen LogP contribution in [0.1, 0.15) is 13.3 Å². The second kappa shape index (κ2) is 8.62. The fourth-order valence-electron chi connectivity index (χ4n) is 2.88. The van der Waals surface area contributed by atoms with Gasteiger partial charge in [-0.15, -0.1) is 0 Å². The Kier molecular flexibility index (Phi) is 6.19. The number of aromatic nitrogens is 2. The molecule has 3 aromatic rings. The standard InChI is InChI=1S/C20H24N4O4S/c1-4-28-19-8-6-5-7-16(19)22-20(25)11-12-24-14-21-17-13-15(9-10-18(17)24)29(26,27)23(2)3/h5-10,13-14H,4,11-12H2,1-3H3,(H,22,25). The van der Waals surface area contributed by atoms with E-state index in [1.54, 1.807) is 30.6 Å². The highest BCUT2D eigenvalue weighted by atomic mass is 32.2. The van der Waals surface area contributed by atoms with Gasteiger partial charge in [0.25, 0.3) is 0 Å². The van der Waals surface area contributed by atoms with Crippen LogP contribution >= 0.6 is 0 Å². The summed E-state index contributed by atoms with van der Waals surface area (Å²) in [6, 6.07) is 12.1. The molecule has 8 nitrogen and oxygen atoms in total. The smallest absolute Gasteiger partial charge is 0.242 e. The molecule has 1 aromatic heterocycles. The molecule has 0 spiro atoms. The van der Waals surface area contributed by atoms with Crippen LogP contribution in [0.4, 0.5) is 5.69 Å². The van der Waals surface area contributed by atoms with Crippen LogP contribution in [-0.4, -0.2) is 48.9 Å². The topological polar surface area (TPSA) is 93.5 Å². The number of benzene rings is 2. The van der Waals surface area contributed by atoms with E-state index >= 15 is 0 Å². The third-order valence-corrected chi connectivity index (χ3v) is 6.22.